The van der Waals surface area contributed by atoms with Crippen molar-refractivity contribution in [2.45, 2.75) is 32.2 Å². The van der Waals surface area contributed by atoms with Crippen molar-refractivity contribution in [3.8, 4) is 0 Å². The van der Waals surface area contributed by atoms with Crippen LogP contribution in [-0.4, -0.2) is 40.3 Å². The number of aromatic amines is 1. The van der Waals surface area contributed by atoms with Crippen LogP contribution in [-0.2, 0) is 11.2 Å². The van der Waals surface area contributed by atoms with Crippen LogP contribution in [0.2, 0.25) is 0 Å². The van der Waals surface area contributed by atoms with Crippen LogP contribution in [0.5, 0.6) is 0 Å². The fourth-order valence-electron chi connectivity index (χ4n) is 1.65. The van der Waals surface area contributed by atoms with Gasteiger partial charge in [-0.3, -0.25) is 9.89 Å². The van der Waals surface area contributed by atoms with Gasteiger partial charge < -0.3 is 10.1 Å². The number of rotatable bonds is 3. The minimum absolute atomic E-state index is 0.185. The molecule has 0 unspecified atom stereocenters. The van der Waals surface area contributed by atoms with Gasteiger partial charge in [0, 0.05) is 25.7 Å². The van der Waals surface area contributed by atoms with Crippen LogP contribution < -0.4 is 5.32 Å². The van der Waals surface area contributed by atoms with Crippen molar-refractivity contribution in [3.63, 3.8) is 0 Å². The molecule has 1 aliphatic heterocycles. The van der Waals surface area contributed by atoms with Crippen LogP contribution in [0.4, 0.5) is 0 Å². The maximum absolute atomic E-state index is 11.7. The molecule has 0 atom stereocenters. The van der Waals surface area contributed by atoms with Crippen molar-refractivity contribution in [2.24, 2.45) is 0 Å². The highest BCUT2D eigenvalue weighted by Gasteiger charge is 2.19. The lowest BCUT2D eigenvalue weighted by molar-refractivity contribution is 0.0692. The van der Waals surface area contributed by atoms with Gasteiger partial charge in [-0.25, -0.2) is 4.98 Å². The molecule has 88 valence electrons. The molecule has 0 spiro atoms. The third kappa shape index (κ3) is 2.57. The quantitative estimate of drug-likeness (QED) is 0.772. The van der Waals surface area contributed by atoms with E-state index in [4.69, 9.17) is 4.74 Å². The Kier molecular flexibility index (Phi) is 3.51. The van der Waals surface area contributed by atoms with Gasteiger partial charge in [0.1, 0.15) is 5.82 Å². The first-order valence-electron chi connectivity index (χ1n) is 5.59. The fraction of sp³-hybridized carbons (Fsp3) is 0.700. The first-order valence-corrected chi connectivity index (χ1v) is 5.59. The average Bonchev–Trinajstić information content (AvgIpc) is 2.79. The van der Waals surface area contributed by atoms with Crippen LogP contribution in [0.15, 0.2) is 0 Å². The van der Waals surface area contributed by atoms with E-state index in [9.17, 15) is 4.79 Å². The van der Waals surface area contributed by atoms with E-state index in [1.165, 1.54) is 0 Å². The largest absolute Gasteiger partial charge is 0.381 e. The molecule has 6 nitrogen and oxygen atoms in total. The summed E-state index contributed by atoms with van der Waals surface area (Å²) in [5.74, 6) is 0.753. The molecule has 1 aliphatic rings. The second kappa shape index (κ2) is 5.07. The van der Waals surface area contributed by atoms with E-state index in [1.54, 1.807) is 0 Å². The Hall–Kier alpha value is -1.43. The van der Waals surface area contributed by atoms with E-state index in [-0.39, 0.29) is 17.8 Å². The van der Waals surface area contributed by atoms with E-state index >= 15 is 0 Å². The van der Waals surface area contributed by atoms with Gasteiger partial charge >= 0.3 is 0 Å². The van der Waals surface area contributed by atoms with Gasteiger partial charge in [0.05, 0.1) is 0 Å². The summed E-state index contributed by atoms with van der Waals surface area (Å²) >= 11 is 0. The van der Waals surface area contributed by atoms with Crippen molar-refractivity contribution in [2.75, 3.05) is 13.2 Å². The molecule has 1 aromatic heterocycles. The number of nitrogens with one attached hydrogen (secondary N) is 2. The van der Waals surface area contributed by atoms with Crippen molar-refractivity contribution in [1.82, 2.24) is 20.5 Å². The highest BCUT2D eigenvalue weighted by molar-refractivity contribution is 5.90. The molecule has 0 aromatic carbocycles. The zero-order chi connectivity index (χ0) is 11.4. The molecule has 0 bridgehead atoms. The van der Waals surface area contributed by atoms with Gasteiger partial charge in [-0.05, 0) is 12.8 Å². The van der Waals surface area contributed by atoms with E-state index in [2.05, 4.69) is 20.5 Å². The predicted octanol–water partition coefficient (Wildman–Crippen LogP) is 0.276. The van der Waals surface area contributed by atoms with E-state index in [0.717, 1.165) is 25.1 Å². The highest BCUT2D eigenvalue weighted by Crippen LogP contribution is 2.06. The first-order chi connectivity index (χ1) is 7.79. The van der Waals surface area contributed by atoms with Gasteiger partial charge in [-0.2, -0.15) is 0 Å². The molecule has 1 aromatic rings. The Morgan fingerprint density at radius 2 is 2.31 bits per heavy atom. The lowest BCUT2D eigenvalue weighted by Crippen LogP contribution is -2.39. The summed E-state index contributed by atoms with van der Waals surface area (Å²) in [5.41, 5.74) is 0. The molecule has 2 rings (SSSR count). The molecular formula is C10H16N4O2. The molecule has 2 N–H and O–H groups in total. The lowest BCUT2D eigenvalue weighted by atomic mass is 10.1. The number of hydrogen-bond acceptors (Lipinski definition) is 4. The minimum Gasteiger partial charge on any atom is -0.381 e. The Labute approximate surface area is 93.8 Å². The number of H-pyrrole nitrogens is 1. The van der Waals surface area contributed by atoms with Crippen molar-refractivity contribution < 1.29 is 9.53 Å². The third-order valence-electron chi connectivity index (χ3n) is 2.63. The second-order valence-electron chi connectivity index (χ2n) is 3.82. The second-order valence-corrected chi connectivity index (χ2v) is 3.82. The van der Waals surface area contributed by atoms with Crippen molar-refractivity contribution in [3.05, 3.63) is 11.6 Å². The van der Waals surface area contributed by atoms with Crippen molar-refractivity contribution >= 4 is 5.91 Å². The summed E-state index contributed by atoms with van der Waals surface area (Å²) in [4.78, 5) is 15.8. The third-order valence-corrected chi connectivity index (χ3v) is 2.63. The van der Waals surface area contributed by atoms with Gasteiger partial charge in [0.25, 0.3) is 5.91 Å². The number of ether oxygens (including phenoxy) is 1. The molecule has 1 fully saturated rings. The molecule has 2 heterocycles. The van der Waals surface area contributed by atoms with Gasteiger partial charge in [-0.15, -0.1) is 5.10 Å². The van der Waals surface area contributed by atoms with Crippen LogP contribution in [0.3, 0.4) is 0 Å². The summed E-state index contributed by atoms with van der Waals surface area (Å²) in [5, 5.41) is 9.51. The molecule has 1 amide bonds. The number of nitrogens with zero attached hydrogens (tertiary/aromatic N) is 2. The SMILES string of the molecule is CCc1nc(C(=O)NC2CCOCC2)n[nH]1. The zero-order valence-corrected chi connectivity index (χ0v) is 9.32. The van der Waals surface area contributed by atoms with Gasteiger partial charge in [-0.1, -0.05) is 6.92 Å². The monoisotopic (exact) mass is 224 g/mol. The Balaban J connectivity index is 1.91. The Bertz CT molecular complexity index is 357. The van der Waals surface area contributed by atoms with E-state index < -0.39 is 0 Å². The number of carbonyl (C=O) groups excluding carboxylic acids is 1. The lowest BCUT2D eigenvalue weighted by Gasteiger charge is -2.22. The van der Waals surface area contributed by atoms with E-state index in [0.29, 0.717) is 13.2 Å². The van der Waals surface area contributed by atoms with Crippen LogP contribution >= 0.6 is 0 Å². The molecule has 16 heavy (non-hydrogen) atoms. The molecule has 6 heteroatoms. The smallest absolute Gasteiger partial charge is 0.291 e. The zero-order valence-electron chi connectivity index (χ0n) is 9.32. The summed E-state index contributed by atoms with van der Waals surface area (Å²) in [6.07, 6.45) is 2.46. The summed E-state index contributed by atoms with van der Waals surface area (Å²) in [7, 11) is 0. The predicted molar refractivity (Wildman–Crippen MR) is 57.1 cm³/mol. The molecular weight excluding hydrogens is 208 g/mol. The Morgan fingerprint density at radius 1 is 1.56 bits per heavy atom. The molecule has 0 saturated carbocycles. The number of carbonyl (C=O) groups is 1. The summed E-state index contributed by atoms with van der Waals surface area (Å²) in [6.45, 7) is 3.37. The summed E-state index contributed by atoms with van der Waals surface area (Å²) in [6, 6.07) is 0.185. The summed E-state index contributed by atoms with van der Waals surface area (Å²) < 4.78 is 5.22. The van der Waals surface area contributed by atoms with E-state index in [1.807, 2.05) is 6.92 Å². The Morgan fingerprint density at radius 3 is 2.94 bits per heavy atom. The maximum atomic E-state index is 11.7. The number of aromatic nitrogens is 3. The van der Waals surface area contributed by atoms with Crippen molar-refractivity contribution in [1.29, 1.82) is 0 Å². The normalized spacial score (nSPS) is 17.3. The highest BCUT2D eigenvalue weighted by atomic mass is 16.5. The standard InChI is InChI=1S/C10H16N4O2/c1-2-8-12-9(14-13-8)10(15)11-7-3-5-16-6-4-7/h7H,2-6H2,1H3,(H,11,15)(H,12,13,14). The fourth-order valence-corrected chi connectivity index (χ4v) is 1.65. The van der Waals surface area contributed by atoms with Crippen LogP contribution in [0.1, 0.15) is 36.2 Å². The number of hydrogen-bond donors (Lipinski definition) is 2. The van der Waals surface area contributed by atoms with Gasteiger partial charge in [0.15, 0.2) is 0 Å². The topological polar surface area (TPSA) is 79.9 Å². The molecule has 0 aliphatic carbocycles. The minimum atomic E-state index is -0.206. The molecule has 0 radical (unpaired) electrons. The first kappa shape index (κ1) is 11.1. The van der Waals surface area contributed by atoms with Crippen LogP contribution in [0.25, 0.3) is 0 Å². The van der Waals surface area contributed by atoms with Gasteiger partial charge in [0.2, 0.25) is 5.82 Å². The number of aryl methyl sites for hydroxylation is 1. The van der Waals surface area contributed by atoms with Crippen LogP contribution in [0, 0.1) is 0 Å². The maximum Gasteiger partial charge on any atom is 0.291 e. The number of amides is 1. The average molecular weight is 224 g/mol. The molecule has 1 saturated heterocycles.